The van der Waals surface area contributed by atoms with Crippen molar-refractivity contribution in [1.29, 1.82) is 0 Å². The highest BCUT2D eigenvalue weighted by molar-refractivity contribution is 5.21. The standard InChI is InChI=1S/C11H18N2O2/c1-9(12)11-5-4-10(8-13-11)15-7-3-6-14-2/h4-5,8-9H,3,6-7,12H2,1-2H3/t9-/m0/s1. The Hall–Kier alpha value is -1.13. The molecule has 4 nitrogen and oxygen atoms in total. The minimum Gasteiger partial charge on any atom is -0.492 e. The van der Waals surface area contributed by atoms with Crippen LogP contribution in [0, 0.1) is 0 Å². The Bertz CT molecular complexity index is 272. The smallest absolute Gasteiger partial charge is 0.137 e. The van der Waals surface area contributed by atoms with Crippen molar-refractivity contribution in [2.24, 2.45) is 5.73 Å². The summed E-state index contributed by atoms with van der Waals surface area (Å²) < 4.78 is 10.4. The molecule has 0 unspecified atom stereocenters. The molecule has 0 amide bonds. The van der Waals surface area contributed by atoms with Gasteiger partial charge in [-0.2, -0.15) is 0 Å². The first-order valence-corrected chi connectivity index (χ1v) is 5.07. The summed E-state index contributed by atoms with van der Waals surface area (Å²) in [4.78, 5) is 4.20. The molecule has 0 saturated carbocycles. The fourth-order valence-electron chi connectivity index (χ4n) is 1.14. The van der Waals surface area contributed by atoms with E-state index >= 15 is 0 Å². The van der Waals surface area contributed by atoms with Gasteiger partial charge in [0.2, 0.25) is 0 Å². The van der Waals surface area contributed by atoms with Crippen LogP contribution >= 0.6 is 0 Å². The third-order valence-corrected chi connectivity index (χ3v) is 1.99. The highest BCUT2D eigenvalue weighted by Gasteiger charge is 2.00. The van der Waals surface area contributed by atoms with Crippen LogP contribution in [0.5, 0.6) is 5.75 Å². The molecule has 0 aromatic carbocycles. The van der Waals surface area contributed by atoms with Gasteiger partial charge in [-0.3, -0.25) is 4.98 Å². The molecule has 2 N–H and O–H groups in total. The lowest BCUT2D eigenvalue weighted by molar-refractivity contribution is 0.172. The van der Waals surface area contributed by atoms with Crippen LogP contribution in [0.2, 0.25) is 0 Å². The van der Waals surface area contributed by atoms with E-state index in [0.717, 1.165) is 17.9 Å². The molecule has 1 aromatic heterocycles. The predicted octanol–water partition coefficient (Wildman–Crippen LogP) is 1.52. The van der Waals surface area contributed by atoms with Crippen LogP contribution in [-0.2, 0) is 4.74 Å². The molecule has 0 aliphatic carbocycles. The van der Waals surface area contributed by atoms with Gasteiger partial charge in [0.1, 0.15) is 5.75 Å². The highest BCUT2D eigenvalue weighted by Crippen LogP contribution is 2.12. The zero-order chi connectivity index (χ0) is 11.1. The number of rotatable bonds is 6. The number of nitrogens with zero attached hydrogens (tertiary/aromatic N) is 1. The number of pyridine rings is 1. The molecular formula is C11H18N2O2. The molecule has 0 aliphatic rings. The second-order valence-corrected chi connectivity index (χ2v) is 3.40. The van der Waals surface area contributed by atoms with Crippen LogP contribution < -0.4 is 10.5 Å². The maximum absolute atomic E-state index is 5.68. The lowest BCUT2D eigenvalue weighted by Crippen LogP contribution is -2.07. The van der Waals surface area contributed by atoms with Crippen molar-refractivity contribution in [2.75, 3.05) is 20.3 Å². The fourth-order valence-corrected chi connectivity index (χ4v) is 1.14. The van der Waals surface area contributed by atoms with Crippen LogP contribution in [-0.4, -0.2) is 25.3 Å². The van der Waals surface area contributed by atoms with E-state index in [1.165, 1.54) is 0 Å². The quantitative estimate of drug-likeness (QED) is 0.723. The Balaban J connectivity index is 2.36. The molecule has 4 heteroatoms. The molecule has 84 valence electrons. The fraction of sp³-hybridized carbons (Fsp3) is 0.545. The predicted molar refractivity (Wildman–Crippen MR) is 58.8 cm³/mol. The summed E-state index contributed by atoms with van der Waals surface area (Å²) in [5.41, 5.74) is 6.56. The summed E-state index contributed by atoms with van der Waals surface area (Å²) in [6, 6.07) is 3.74. The van der Waals surface area contributed by atoms with Gasteiger partial charge in [0.05, 0.1) is 18.5 Å². The second kappa shape index (κ2) is 6.37. The molecule has 0 radical (unpaired) electrons. The average Bonchev–Trinajstić information content (AvgIpc) is 2.25. The summed E-state index contributed by atoms with van der Waals surface area (Å²) in [6.45, 7) is 3.26. The first-order chi connectivity index (χ1) is 7.24. The SMILES string of the molecule is COCCCOc1ccc([C@H](C)N)nc1. The second-order valence-electron chi connectivity index (χ2n) is 3.40. The Morgan fingerprint density at radius 2 is 2.20 bits per heavy atom. The van der Waals surface area contributed by atoms with E-state index < -0.39 is 0 Å². The van der Waals surface area contributed by atoms with Crippen molar-refractivity contribution >= 4 is 0 Å². The number of aromatic nitrogens is 1. The van der Waals surface area contributed by atoms with Gasteiger partial charge < -0.3 is 15.2 Å². The summed E-state index contributed by atoms with van der Waals surface area (Å²) in [5.74, 6) is 0.774. The van der Waals surface area contributed by atoms with E-state index in [4.69, 9.17) is 15.2 Å². The molecule has 1 aromatic rings. The monoisotopic (exact) mass is 210 g/mol. The summed E-state index contributed by atoms with van der Waals surface area (Å²) in [5, 5.41) is 0. The number of methoxy groups -OCH3 is 1. The van der Waals surface area contributed by atoms with Gasteiger partial charge in [0.25, 0.3) is 0 Å². The van der Waals surface area contributed by atoms with Gasteiger partial charge in [0.15, 0.2) is 0 Å². The lowest BCUT2D eigenvalue weighted by atomic mass is 10.2. The summed E-state index contributed by atoms with van der Waals surface area (Å²) in [6.07, 6.45) is 2.58. The zero-order valence-electron chi connectivity index (χ0n) is 9.27. The van der Waals surface area contributed by atoms with E-state index in [9.17, 15) is 0 Å². The first kappa shape index (κ1) is 11.9. The minimum atomic E-state index is -0.0347. The van der Waals surface area contributed by atoms with Gasteiger partial charge in [-0.1, -0.05) is 0 Å². The first-order valence-electron chi connectivity index (χ1n) is 5.07. The molecule has 15 heavy (non-hydrogen) atoms. The van der Waals surface area contributed by atoms with Gasteiger partial charge in [0, 0.05) is 26.2 Å². The van der Waals surface area contributed by atoms with Gasteiger partial charge in [-0.05, 0) is 19.1 Å². The third kappa shape index (κ3) is 4.27. The molecule has 0 fully saturated rings. The van der Waals surface area contributed by atoms with Crippen LogP contribution in [0.1, 0.15) is 25.1 Å². The molecule has 1 rings (SSSR count). The van der Waals surface area contributed by atoms with E-state index in [-0.39, 0.29) is 6.04 Å². The highest BCUT2D eigenvalue weighted by atomic mass is 16.5. The van der Waals surface area contributed by atoms with Crippen LogP contribution in [0.25, 0.3) is 0 Å². The Labute approximate surface area is 90.4 Å². The van der Waals surface area contributed by atoms with Crippen molar-refractivity contribution < 1.29 is 9.47 Å². The molecule has 0 spiro atoms. The van der Waals surface area contributed by atoms with Crippen LogP contribution in [0.3, 0.4) is 0 Å². The maximum Gasteiger partial charge on any atom is 0.137 e. The van der Waals surface area contributed by atoms with Crippen molar-refractivity contribution in [3.8, 4) is 5.75 Å². The van der Waals surface area contributed by atoms with Crippen molar-refractivity contribution in [1.82, 2.24) is 4.98 Å². The maximum atomic E-state index is 5.68. The molecule has 1 atom stereocenters. The normalized spacial score (nSPS) is 12.5. The molecule has 0 bridgehead atoms. The number of hydrogen-bond donors (Lipinski definition) is 1. The summed E-state index contributed by atoms with van der Waals surface area (Å²) in [7, 11) is 1.68. The average molecular weight is 210 g/mol. The Kier molecular flexibility index (Phi) is 5.07. The largest absolute Gasteiger partial charge is 0.492 e. The number of nitrogens with two attached hydrogens (primary N) is 1. The van der Waals surface area contributed by atoms with Gasteiger partial charge in [-0.25, -0.2) is 0 Å². The molecule has 0 aliphatic heterocycles. The van der Waals surface area contributed by atoms with Gasteiger partial charge in [-0.15, -0.1) is 0 Å². The zero-order valence-corrected chi connectivity index (χ0v) is 9.27. The van der Waals surface area contributed by atoms with E-state index in [1.807, 2.05) is 19.1 Å². The Morgan fingerprint density at radius 3 is 2.73 bits per heavy atom. The molecule has 0 saturated heterocycles. The Morgan fingerprint density at radius 1 is 1.40 bits per heavy atom. The van der Waals surface area contributed by atoms with Crippen molar-refractivity contribution in [3.63, 3.8) is 0 Å². The topological polar surface area (TPSA) is 57.4 Å². The number of ether oxygens (including phenoxy) is 2. The van der Waals surface area contributed by atoms with E-state index in [1.54, 1.807) is 13.3 Å². The van der Waals surface area contributed by atoms with E-state index in [0.29, 0.717) is 13.2 Å². The van der Waals surface area contributed by atoms with Crippen molar-refractivity contribution in [3.05, 3.63) is 24.0 Å². The van der Waals surface area contributed by atoms with Gasteiger partial charge >= 0.3 is 0 Å². The van der Waals surface area contributed by atoms with Crippen molar-refractivity contribution in [2.45, 2.75) is 19.4 Å². The number of hydrogen-bond acceptors (Lipinski definition) is 4. The molecular weight excluding hydrogens is 192 g/mol. The van der Waals surface area contributed by atoms with Crippen LogP contribution in [0.4, 0.5) is 0 Å². The lowest BCUT2D eigenvalue weighted by Gasteiger charge is -2.07. The van der Waals surface area contributed by atoms with Crippen LogP contribution in [0.15, 0.2) is 18.3 Å². The minimum absolute atomic E-state index is 0.0347. The van der Waals surface area contributed by atoms with E-state index in [2.05, 4.69) is 4.98 Å². The summed E-state index contributed by atoms with van der Waals surface area (Å²) >= 11 is 0. The third-order valence-electron chi connectivity index (χ3n) is 1.99. The molecule has 1 heterocycles.